The molecule has 1 heterocycles. The average molecular weight is 353 g/mol. The lowest BCUT2D eigenvalue weighted by Crippen LogP contribution is -2.36. The van der Waals surface area contributed by atoms with Crippen LogP contribution in [0.2, 0.25) is 0 Å². The highest BCUT2D eigenvalue weighted by Gasteiger charge is 2.22. The smallest absolute Gasteiger partial charge is 0.242 e. The quantitative estimate of drug-likeness (QED) is 0.831. The molecule has 124 valence electrons. The number of thiazole rings is 1. The summed E-state index contributed by atoms with van der Waals surface area (Å²) in [5.74, 6) is 0.450. The van der Waals surface area contributed by atoms with Crippen molar-refractivity contribution >= 4 is 29.0 Å². The van der Waals surface area contributed by atoms with Crippen molar-refractivity contribution in [2.75, 3.05) is 20.4 Å². The van der Waals surface area contributed by atoms with Crippen LogP contribution in [0.1, 0.15) is 22.3 Å². The molecule has 0 saturated heterocycles. The van der Waals surface area contributed by atoms with E-state index < -0.39 is 6.04 Å². The molecule has 1 aromatic heterocycles. The van der Waals surface area contributed by atoms with Gasteiger partial charge in [0.1, 0.15) is 16.9 Å². The number of thioether (sulfide) groups is 1. The van der Waals surface area contributed by atoms with Crippen LogP contribution in [-0.4, -0.2) is 36.1 Å². The predicted octanol–water partition coefficient (Wildman–Crippen LogP) is 3.06. The Balaban J connectivity index is 2.02. The molecular weight excluding hydrogens is 333 g/mol. The second-order valence-corrected chi connectivity index (χ2v) is 7.11. The Hall–Kier alpha value is -1.44. The highest BCUT2D eigenvalue weighted by molar-refractivity contribution is 7.97. The van der Waals surface area contributed by atoms with Crippen LogP contribution in [0.5, 0.6) is 0 Å². The third kappa shape index (κ3) is 5.02. The zero-order valence-corrected chi connectivity index (χ0v) is 15.0. The molecule has 2 aromatic rings. The summed E-state index contributed by atoms with van der Waals surface area (Å²) >= 11 is 3.33. The summed E-state index contributed by atoms with van der Waals surface area (Å²) in [6.07, 6.45) is 2.03. The lowest BCUT2D eigenvalue weighted by atomic mass is 10.1. The number of hydrogen-bond acceptors (Lipinski definition) is 5. The van der Waals surface area contributed by atoms with Gasteiger partial charge in [-0.15, -0.1) is 11.3 Å². The Morgan fingerprint density at radius 2 is 2.09 bits per heavy atom. The zero-order chi connectivity index (χ0) is 16.8. The van der Waals surface area contributed by atoms with Crippen LogP contribution in [0.25, 0.3) is 0 Å². The number of hydrogen-bond donors (Lipinski definition) is 1. The fourth-order valence-corrected chi connectivity index (χ4v) is 3.74. The monoisotopic (exact) mass is 353 g/mol. The van der Waals surface area contributed by atoms with E-state index in [2.05, 4.69) is 10.3 Å². The van der Waals surface area contributed by atoms with Gasteiger partial charge in [-0.1, -0.05) is 12.1 Å². The molecule has 1 amide bonds. The molecule has 1 aromatic carbocycles. The molecule has 0 saturated carbocycles. The van der Waals surface area contributed by atoms with Crippen molar-refractivity contribution in [1.29, 1.82) is 0 Å². The Kier molecular flexibility index (Phi) is 6.56. The number of likely N-dealkylation sites (N-methyl/N-ethyl adjacent to an activating group) is 1. The topological polar surface area (TPSA) is 45.2 Å². The molecule has 23 heavy (non-hydrogen) atoms. The highest BCUT2D eigenvalue weighted by atomic mass is 32.2. The van der Waals surface area contributed by atoms with Crippen LogP contribution in [0.4, 0.5) is 4.39 Å². The molecular formula is C16H20FN3OS2. The normalized spacial score (nSPS) is 12.4. The van der Waals surface area contributed by atoms with Crippen LogP contribution < -0.4 is 5.32 Å². The molecule has 0 aliphatic rings. The van der Waals surface area contributed by atoms with Gasteiger partial charge in [-0.05, 0) is 38.0 Å². The van der Waals surface area contributed by atoms with Crippen LogP contribution in [0, 0.1) is 5.82 Å². The Bertz CT molecular complexity index is 643. The average Bonchev–Trinajstić information content (AvgIpc) is 2.95. The largest absolute Gasteiger partial charge is 0.349 e. The minimum atomic E-state index is -0.458. The first-order valence-corrected chi connectivity index (χ1v) is 9.40. The van der Waals surface area contributed by atoms with Gasteiger partial charge in [-0.3, -0.25) is 9.69 Å². The fraction of sp³-hybridized carbons (Fsp3) is 0.375. The minimum Gasteiger partial charge on any atom is -0.349 e. The van der Waals surface area contributed by atoms with Gasteiger partial charge in [-0.25, -0.2) is 9.37 Å². The van der Waals surface area contributed by atoms with Gasteiger partial charge in [0.2, 0.25) is 5.91 Å². The van der Waals surface area contributed by atoms with Crippen molar-refractivity contribution in [3.63, 3.8) is 0 Å². The second kappa shape index (κ2) is 8.42. The Morgan fingerprint density at radius 1 is 1.39 bits per heavy atom. The van der Waals surface area contributed by atoms with Gasteiger partial charge in [-0.2, -0.15) is 11.8 Å². The minimum absolute atomic E-state index is 0.124. The van der Waals surface area contributed by atoms with Crippen molar-refractivity contribution in [2.24, 2.45) is 0 Å². The second-order valence-electron chi connectivity index (χ2n) is 5.30. The van der Waals surface area contributed by atoms with Gasteiger partial charge in [0, 0.05) is 11.1 Å². The van der Waals surface area contributed by atoms with E-state index in [0.29, 0.717) is 6.54 Å². The number of nitrogens with one attached hydrogen (secondary N) is 1. The van der Waals surface area contributed by atoms with E-state index in [1.807, 2.05) is 30.6 Å². The number of aromatic nitrogens is 1. The molecule has 0 spiro atoms. The van der Waals surface area contributed by atoms with Gasteiger partial charge in [0.05, 0.1) is 12.2 Å². The Morgan fingerprint density at radius 3 is 2.70 bits per heavy atom. The number of nitrogens with zero attached hydrogens (tertiary/aromatic N) is 2. The standard InChI is InChI=1S/C16H20FN3OS2/c1-20(2)15(11-4-6-12(17)7-5-11)16(21)18-8-13-9-23-14(19-13)10-22-3/h4-7,9,15H,8,10H2,1-3H3,(H,18,21)/t15-/m1/s1. The van der Waals surface area contributed by atoms with Gasteiger partial charge in [0.15, 0.2) is 0 Å². The van der Waals surface area contributed by atoms with Gasteiger partial charge in [0.25, 0.3) is 0 Å². The van der Waals surface area contributed by atoms with Crippen molar-refractivity contribution in [1.82, 2.24) is 15.2 Å². The summed E-state index contributed by atoms with van der Waals surface area (Å²) in [4.78, 5) is 18.8. The van der Waals surface area contributed by atoms with Crippen LogP contribution >= 0.6 is 23.1 Å². The molecule has 0 radical (unpaired) electrons. The molecule has 4 nitrogen and oxygen atoms in total. The summed E-state index contributed by atoms with van der Waals surface area (Å²) in [7, 11) is 3.65. The maximum atomic E-state index is 13.1. The zero-order valence-electron chi connectivity index (χ0n) is 13.4. The fourth-order valence-electron chi connectivity index (χ4n) is 2.22. The number of amides is 1. The third-order valence-corrected chi connectivity index (χ3v) is 4.90. The number of carbonyl (C=O) groups is 1. The van der Waals surface area contributed by atoms with Crippen molar-refractivity contribution in [2.45, 2.75) is 18.3 Å². The SMILES string of the molecule is CSCc1nc(CNC(=O)[C@@H](c2ccc(F)cc2)N(C)C)cs1. The number of carbonyl (C=O) groups excluding carboxylic acids is 1. The first-order chi connectivity index (χ1) is 11.0. The third-order valence-electron chi connectivity index (χ3n) is 3.26. The number of halogens is 1. The lowest BCUT2D eigenvalue weighted by molar-refractivity contribution is -0.126. The van der Waals surface area contributed by atoms with Crippen molar-refractivity contribution in [3.8, 4) is 0 Å². The molecule has 0 aliphatic carbocycles. The van der Waals surface area contributed by atoms with E-state index in [-0.39, 0.29) is 11.7 Å². The summed E-state index contributed by atoms with van der Waals surface area (Å²) in [5, 5.41) is 5.94. The lowest BCUT2D eigenvalue weighted by Gasteiger charge is -2.23. The van der Waals surface area contributed by atoms with E-state index in [4.69, 9.17) is 0 Å². The first kappa shape index (κ1) is 17.9. The van der Waals surface area contributed by atoms with Crippen molar-refractivity contribution in [3.05, 3.63) is 51.7 Å². The molecule has 0 aliphatic heterocycles. The summed E-state index contributed by atoms with van der Waals surface area (Å²) in [6, 6.07) is 5.56. The molecule has 7 heteroatoms. The molecule has 0 unspecified atom stereocenters. The molecule has 0 fully saturated rings. The van der Waals surface area contributed by atoms with E-state index >= 15 is 0 Å². The molecule has 0 bridgehead atoms. The highest BCUT2D eigenvalue weighted by Crippen LogP contribution is 2.19. The van der Waals surface area contributed by atoms with Crippen LogP contribution in [-0.2, 0) is 17.1 Å². The number of rotatable bonds is 7. The first-order valence-electron chi connectivity index (χ1n) is 7.13. The maximum absolute atomic E-state index is 13.1. The summed E-state index contributed by atoms with van der Waals surface area (Å²) in [6.45, 7) is 0.398. The van der Waals surface area contributed by atoms with Gasteiger partial charge >= 0.3 is 0 Å². The van der Waals surface area contributed by atoms with Crippen LogP contribution in [0.3, 0.4) is 0 Å². The van der Waals surface area contributed by atoms with E-state index in [1.165, 1.54) is 12.1 Å². The summed E-state index contributed by atoms with van der Waals surface area (Å²) in [5.41, 5.74) is 1.62. The summed E-state index contributed by atoms with van der Waals surface area (Å²) < 4.78 is 13.1. The predicted molar refractivity (Wildman–Crippen MR) is 94.0 cm³/mol. The van der Waals surface area contributed by atoms with E-state index in [0.717, 1.165) is 22.0 Å². The van der Waals surface area contributed by atoms with Gasteiger partial charge < -0.3 is 5.32 Å². The molecule has 1 atom stereocenters. The molecule has 1 N–H and O–H groups in total. The van der Waals surface area contributed by atoms with E-state index in [1.54, 1.807) is 35.2 Å². The van der Waals surface area contributed by atoms with Crippen LogP contribution in [0.15, 0.2) is 29.6 Å². The van der Waals surface area contributed by atoms with E-state index in [9.17, 15) is 9.18 Å². The van der Waals surface area contributed by atoms with Crippen molar-refractivity contribution < 1.29 is 9.18 Å². The Labute approximate surface area is 144 Å². The maximum Gasteiger partial charge on any atom is 0.242 e. The molecule has 2 rings (SSSR count). The number of benzene rings is 1.